The summed E-state index contributed by atoms with van der Waals surface area (Å²) in [7, 11) is 0. The molecule has 0 aliphatic carbocycles. The van der Waals surface area contributed by atoms with Crippen molar-refractivity contribution in [2.75, 3.05) is 19.8 Å². The second kappa shape index (κ2) is 6.98. The topological polar surface area (TPSA) is 92.8 Å². The third kappa shape index (κ3) is 3.24. The van der Waals surface area contributed by atoms with Gasteiger partial charge in [-0.2, -0.15) is 4.74 Å². The summed E-state index contributed by atoms with van der Waals surface area (Å²) in [5, 5.41) is 0.910. The van der Waals surface area contributed by atoms with Crippen molar-refractivity contribution in [3.63, 3.8) is 0 Å². The summed E-state index contributed by atoms with van der Waals surface area (Å²) in [6.45, 7) is 4.73. The standard InChI is InChI=1S/C19H18N2O6/c1-3-24-17(22)14-10-21(27-18(14)23)16-13(19-25-6-7-26-19)9-12-8-11(2)4-5-15(12)20-16/h4-5,8-10,19H,3,6-7H2,1-2H3. The van der Waals surface area contributed by atoms with Crippen molar-refractivity contribution < 1.29 is 23.5 Å². The number of fused-ring (bicyclic) bond motifs is 1. The molecule has 0 unspecified atom stereocenters. The van der Waals surface area contributed by atoms with Gasteiger partial charge in [0.25, 0.3) is 0 Å². The quantitative estimate of drug-likeness (QED) is 0.652. The van der Waals surface area contributed by atoms with Crippen molar-refractivity contribution in [2.24, 2.45) is 0 Å². The lowest BCUT2D eigenvalue weighted by Crippen LogP contribution is -2.12. The number of carbonyl (C=O) groups is 1. The maximum Gasteiger partial charge on any atom is 0.372 e. The first-order valence-electron chi connectivity index (χ1n) is 8.62. The van der Waals surface area contributed by atoms with E-state index in [2.05, 4.69) is 4.98 Å². The molecule has 3 aromatic rings. The van der Waals surface area contributed by atoms with Crippen LogP contribution in [0, 0.1) is 6.92 Å². The normalized spacial score (nSPS) is 14.7. The molecule has 27 heavy (non-hydrogen) atoms. The SMILES string of the molecule is CCOC(=O)c1cn(-c2nc3ccc(C)cc3cc2C2OCCO2)oc1=O. The number of rotatable bonds is 4. The van der Waals surface area contributed by atoms with E-state index in [4.69, 9.17) is 18.7 Å². The zero-order valence-corrected chi connectivity index (χ0v) is 14.9. The van der Waals surface area contributed by atoms with Crippen LogP contribution in [0.5, 0.6) is 0 Å². The second-order valence-electron chi connectivity index (χ2n) is 6.14. The Kier molecular flexibility index (Phi) is 4.51. The van der Waals surface area contributed by atoms with Crippen molar-refractivity contribution in [1.29, 1.82) is 0 Å². The fourth-order valence-electron chi connectivity index (χ4n) is 2.97. The lowest BCUT2D eigenvalue weighted by atomic mass is 10.1. The first kappa shape index (κ1) is 17.4. The Labute approximate surface area is 154 Å². The third-order valence-electron chi connectivity index (χ3n) is 4.21. The summed E-state index contributed by atoms with van der Waals surface area (Å²) in [6, 6.07) is 7.71. The van der Waals surface area contributed by atoms with E-state index in [9.17, 15) is 9.59 Å². The van der Waals surface area contributed by atoms with Gasteiger partial charge in [-0.3, -0.25) is 0 Å². The number of esters is 1. The fraction of sp³-hybridized carbons (Fsp3) is 0.316. The van der Waals surface area contributed by atoms with E-state index >= 15 is 0 Å². The average Bonchev–Trinajstić information content (AvgIpc) is 3.30. The highest BCUT2D eigenvalue weighted by atomic mass is 16.7. The van der Waals surface area contributed by atoms with Crippen LogP contribution >= 0.6 is 0 Å². The first-order valence-corrected chi connectivity index (χ1v) is 8.62. The Morgan fingerprint density at radius 1 is 1.30 bits per heavy atom. The highest BCUT2D eigenvalue weighted by Crippen LogP contribution is 2.30. The van der Waals surface area contributed by atoms with Crippen LogP contribution in [0.4, 0.5) is 0 Å². The number of pyridine rings is 1. The number of aromatic nitrogens is 2. The minimum atomic E-state index is -0.793. The lowest BCUT2D eigenvalue weighted by molar-refractivity contribution is -0.0446. The van der Waals surface area contributed by atoms with Crippen molar-refractivity contribution in [1.82, 2.24) is 9.72 Å². The van der Waals surface area contributed by atoms with Crippen LogP contribution in [-0.2, 0) is 14.2 Å². The molecule has 1 aromatic carbocycles. The number of nitrogens with zero attached hydrogens (tertiary/aromatic N) is 2. The van der Waals surface area contributed by atoms with Gasteiger partial charge in [0.1, 0.15) is 0 Å². The fourth-order valence-corrected chi connectivity index (χ4v) is 2.97. The zero-order chi connectivity index (χ0) is 19.0. The van der Waals surface area contributed by atoms with Crippen molar-refractivity contribution >= 4 is 16.9 Å². The molecule has 1 aliphatic heterocycles. The molecule has 1 fully saturated rings. The van der Waals surface area contributed by atoms with Crippen LogP contribution in [0.3, 0.4) is 0 Å². The number of hydrogen-bond acceptors (Lipinski definition) is 7. The molecule has 4 rings (SSSR count). The maximum absolute atomic E-state index is 12.1. The predicted molar refractivity (Wildman–Crippen MR) is 94.9 cm³/mol. The van der Waals surface area contributed by atoms with Gasteiger partial charge in [0.05, 0.1) is 37.1 Å². The maximum atomic E-state index is 12.1. The van der Waals surface area contributed by atoms with E-state index in [1.807, 2.05) is 31.2 Å². The zero-order valence-electron chi connectivity index (χ0n) is 14.9. The molecule has 0 N–H and O–H groups in total. The largest absolute Gasteiger partial charge is 0.462 e. The van der Waals surface area contributed by atoms with Gasteiger partial charge in [-0.1, -0.05) is 11.6 Å². The number of hydrogen-bond donors (Lipinski definition) is 0. The van der Waals surface area contributed by atoms with Gasteiger partial charge in [-0.15, -0.1) is 0 Å². The van der Waals surface area contributed by atoms with E-state index in [-0.39, 0.29) is 12.2 Å². The van der Waals surface area contributed by atoms with Crippen LogP contribution in [-0.4, -0.2) is 35.5 Å². The summed E-state index contributed by atoms with van der Waals surface area (Å²) >= 11 is 0. The second-order valence-corrected chi connectivity index (χ2v) is 6.14. The summed E-state index contributed by atoms with van der Waals surface area (Å²) in [4.78, 5) is 28.6. The Morgan fingerprint density at radius 3 is 2.81 bits per heavy atom. The van der Waals surface area contributed by atoms with Gasteiger partial charge >= 0.3 is 11.6 Å². The molecule has 2 aromatic heterocycles. The van der Waals surface area contributed by atoms with E-state index in [1.54, 1.807) is 6.92 Å². The summed E-state index contributed by atoms with van der Waals surface area (Å²) in [5.41, 5.74) is 1.43. The molecule has 0 bridgehead atoms. The summed E-state index contributed by atoms with van der Waals surface area (Å²) in [5.74, 6) is -0.415. The Hall–Kier alpha value is -2.97. The molecule has 0 radical (unpaired) electrons. The van der Waals surface area contributed by atoms with Crippen molar-refractivity contribution in [3.05, 3.63) is 57.6 Å². The molecule has 140 valence electrons. The van der Waals surface area contributed by atoms with Crippen molar-refractivity contribution in [3.8, 4) is 5.82 Å². The number of carbonyl (C=O) groups excluding carboxylic acids is 1. The van der Waals surface area contributed by atoms with Gasteiger partial charge < -0.3 is 18.7 Å². The van der Waals surface area contributed by atoms with Gasteiger partial charge in [0.15, 0.2) is 17.7 Å². The number of ether oxygens (including phenoxy) is 3. The highest BCUT2D eigenvalue weighted by molar-refractivity contribution is 5.88. The molecule has 0 amide bonds. The number of aryl methyl sites for hydroxylation is 1. The molecule has 0 saturated carbocycles. The van der Waals surface area contributed by atoms with Crippen LogP contribution in [0.1, 0.15) is 34.7 Å². The molecule has 0 atom stereocenters. The molecular formula is C19H18N2O6. The average molecular weight is 370 g/mol. The minimum absolute atomic E-state index is 0.159. The molecule has 1 saturated heterocycles. The van der Waals surface area contributed by atoms with Crippen molar-refractivity contribution in [2.45, 2.75) is 20.1 Å². The summed E-state index contributed by atoms with van der Waals surface area (Å²) < 4.78 is 22.5. The smallest absolute Gasteiger partial charge is 0.372 e. The third-order valence-corrected chi connectivity index (χ3v) is 4.21. The lowest BCUT2D eigenvalue weighted by Gasteiger charge is -2.15. The van der Waals surface area contributed by atoms with Crippen LogP contribution in [0.2, 0.25) is 0 Å². The van der Waals surface area contributed by atoms with Gasteiger partial charge in [0, 0.05) is 5.39 Å². The molecule has 3 heterocycles. The predicted octanol–water partition coefficient (Wildman–Crippen LogP) is 2.51. The van der Waals surface area contributed by atoms with Gasteiger partial charge in [0.2, 0.25) is 0 Å². The van der Waals surface area contributed by atoms with Crippen LogP contribution < -0.4 is 5.63 Å². The molecule has 8 heteroatoms. The van der Waals surface area contributed by atoms with Gasteiger partial charge in [-0.05, 0) is 32.0 Å². The molecular weight excluding hydrogens is 352 g/mol. The van der Waals surface area contributed by atoms with E-state index in [0.717, 1.165) is 15.7 Å². The molecule has 1 aliphatic rings. The first-order chi connectivity index (χ1) is 13.1. The Balaban J connectivity index is 1.88. The van der Waals surface area contributed by atoms with Crippen LogP contribution in [0.25, 0.3) is 16.7 Å². The molecule has 8 nitrogen and oxygen atoms in total. The van der Waals surface area contributed by atoms with E-state index in [0.29, 0.717) is 30.1 Å². The minimum Gasteiger partial charge on any atom is -0.462 e. The van der Waals surface area contributed by atoms with E-state index in [1.165, 1.54) is 6.20 Å². The Bertz CT molecular complexity index is 1060. The number of benzene rings is 1. The Morgan fingerprint density at radius 2 is 2.07 bits per heavy atom. The highest BCUT2D eigenvalue weighted by Gasteiger charge is 2.26. The van der Waals surface area contributed by atoms with E-state index < -0.39 is 17.9 Å². The monoisotopic (exact) mass is 370 g/mol. The molecule has 0 spiro atoms. The van der Waals surface area contributed by atoms with Gasteiger partial charge in [-0.25, -0.2) is 14.6 Å². The summed E-state index contributed by atoms with van der Waals surface area (Å²) in [6.07, 6.45) is 0.650. The van der Waals surface area contributed by atoms with Crippen LogP contribution in [0.15, 0.2) is 39.8 Å².